The van der Waals surface area contributed by atoms with E-state index >= 15 is 0 Å². The number of aryl methyl sites for hydroxylation is 1. The van der Waals surface area contributed by atoms with E-state index in [1.54, 1.807) is 0 Å². The number of hydrogen-bond acceptors (Lipinski definition) is 4. The zero-order valence-electron chi connectivity index (χ0n) is 12.1. The Morgan fingerprint density at radius 1 is 1.50 bits per heavy atom. The first-order chi connectivity index (χ1) is 9.76. The zero-order chi connectivity index (χ0) is 14.4. The van der Waals surface area contributed by atoms with E-state index < -0.39 is 0 Å². The van der Waals surface area contributed by atoms with E-state index in [2.05, 4.69) is 21.8 Å². The van der Waals surface area contributed by atoms with Gasteiger partial charge in [-0.05, 0) is 36.3 Å². The monoisotopic (exact) mass is 278 g/mol. The Bertz CT molecular complexity index is 444. The number of nitrogens with zero attached hydrogens (tertiary/aromatic N) is 3. The lowest BCUT2D eigenvalue weighted by Gasteiger charge is -2.16. The molecule has 1 aliphatic rings. The van der Waals surface area contributed by atoms with Crippen LogP contribution in [0.25, 0.3) is 0 Å². The van der Waals surface area contributed by atoms with Crippen molar-refractivity contribution in [3.8, 4) is 0 Å². The highest BCUT2D eigenvalue weighted by atomic mass is 19.1. The van der Waals surface area contributed by atoms with Gasteiger partial charge in [-0.25, -0.2) is 14.4 Å². The Kier molecular flexibility index (Phi) is 5.47. The van der Waals surface area contributed by atoms with Gasteiger partial charge in [0.15, 0.2) is 0 Å². The van der Waals surface area contributed by atoms with E-state index in [4.69, 9.17) is 5.73 Å². The summed E-state index contributed by atoms with van der Waals surface area (Å²) in [6.45, 7) is 4.59. The van der Waals surface area contributed by atoms with Gasteiger partial charge in [-0.2, -0.15) is 0 Å². The van der Waals surface area contributed by atoms with E-state index in [0.29, 0.717) is 18.3 Å². The number of halogens is 1. The van der Waals surface area contributed by atoms with Crippen LogP contribution in [0.2, 0.25) is 0 Å². The van der Waals surface area contributed by atoms with Gasteiger partial charge < -0.3 is 10.6 Å². The quantitative estimate of drug-likeness (QED) is 0.868. The molecule has 0 aromatic carbocycles. The van der Waals surface area contributed by atoms with Crippen molar-refractivity contribution >= 4 is 5.95 Å². The molecule has 2 heterocycles. The fraction of sp³-hybridized carbons (Fsp3) is 0.600. The molecule has 1 aromatic rings. The van der Waals surface area contributed by atoms with Gasteiger partial charge >= 0.3 is 0 Å². The molecule has 1 saturated heterocycles. The van der Waals surface area contributed by atoms with Crippen molar-refractivity contribution in [1.29, 1.82) is 0 Å². The van der Waals surface area contributed by atoms with Gasteiger partial charge in [-0.3, -0.25) is 0 Å². The van der Waals surface area contributed by atoms with E-state index in [1.807, 2.05) is 12.4 Å². The summed E-state index contributed by atoms with van der Waals surface area (Å²) in [5.41, 5.74) is 7.08. The zero-order valence-corrected chi connectivity index (χ0v) is 12.1. The van der Waals surface area contributed by atoms with Crippen LogP contribution in [0, 0.1) is 5.92 Å². The molecule has 0 radical (unpaired) electrons. The lowest BCUT2D eigenvalue weighted by molar-refractivity contribution is 0.568. The first-order valence-electron chi connectivity index (χ1n) is 7.30. The smallest absolute Gasteiger partial charge is 0.225 e. The summed E-state index contributed by atoms with van der Waals surface area (Å²) in [5.74, 6) is 1.57. The van der Waals surface area contributed by atoms with Crippen LogP contribution in [-0.2, 0) is 6.42 Å². The lowest BCUT2D eigenvalue weighted by atomic mass is 10.1. The molecule has 0 amide bonds. The highest BCUT2D eigenvalue weighted by molar-refractivity contribution is 5.31. The molecule has 4 nitrogen and oxygen atoms in total. The van der Waals surface area contributed by atoms with Crippen LogP contribution in [0.5, 0.6) is 0 Å². The summed E-state index contributed by atoms with van der Waals surface area (Å²) in [6.07, 6.45) is 8.07. The first-order valence-corrected chi connectivity index (χ1v) is 7.30. The molecule has 1 aromatic heterocycles. The fourth-order valence-electron chi connectivity index (χ4n) is 2.49. The number of nitrogens with two attached hydrogens (primary N) is 1. The van der Waals surface area contributed by atoms with E-state index in [9.17, 15) is 4.39 Å². The summed E-state index contributed by atoms with van der Waals surface area (Å²) in [7, 11) is 0. The van der Waals surface area contributed by atoms with Gasteiger partial charge in [-0.1, -0.05) is 13.3 Å². The molecule has 1 fully saturated rings. The van der Waals surface area contributed by atoms with Crippen molar-refractivity contribution in [2.75, 3.05) is 24.5 Å². The first kappa shape index (κ1) is 14.9. The van der Waals surface area contributed by atoms with Crippen molar-refractivity contribution < 1.29 is 4.39 Å². The van der Waals surface area contributed by atoms with Crippen molar-refractivity contribution in [1.82, 2.24) is 9.97 Å². The molecule has 1 aliphatic heterocycles. The van der Waals surface area contributed by atoms with Crippen molar-refractivity contribution in [2.45, 2.75) is 32.6 Å². The summed E-state index contributed by atoms with van der Waals surface area (Å²) in [4.78, 5) is 11.1. The number of rotatable bonds is 6. The van der Waals surface area contributed by atoms with Crippen LogP contribution in [0.3, 0.4) is 0 Å². The second kappa shape index (κ2) is 7.33. The fourth-order valence-corrected chi connectivity index (χ4v) is 2.49. The second-order valence-corrected chi connectivity index (χ2v) is 5.37. The minimum atomic E-state index is 0.266. The Morgan fingerprint density at radius 2 is 2.25 bits per heavy atom. The van der Waals surface area contributed by atoms with E-state index in [-0.39, 0.29) is 6.54 Å². The molecule has 20 heavy (non-hydrogen) atoms. The number of aromatic nitrogens is 2. The third-order valence-corrected chi connectivity index (χ3v) is 3.99. The summed E-state index contributed by atoms with van der Waals surface area (Å²) in [5, 5.41) is 0. The summed E-state index contributed by atoms with van der Waals surface area (Å²) >= 11 is 0. The maximum absolute atomic E-state index is 12.4. The van der Waals surface area contributed by atoms with Gasteiger partial charge in [0.1, 0.15) is 0 Å². The van der Waals surface area contributed by atoms with Crippen molar-refractivity contribution in [3.05, 3.63) is 29.9 Å². The van der Waals surface area contributed by atoms with Crippen LogP contribution < -0.4 is 10.6 Å². The molecule has 0 spiro atoms. The largest absolute Gasteiger partial charge is 0.341 e. The molecule has 2 rings (SSSR count). The van der Waals surface area contributed by atoms with Gasteiger partial charge in [-0.15, -0.1) is 0 Å². The van der Waals surface area contributed by atoms with Crippen LogP contribution in [0.1, 0.15) is 31.7 Å². The van der Waals surface area contributed by atoms with E-state index in [1.165, 1.54) is 12.8 Å². The molecule has 0 aliphatic carbocycles. The normalized spacial score (nSPS) is 19.6. The maximum atomic E-state index is 12.4. The molecule has 110 valence electrons. The predicted molar refractivity (Wildman–Crippen MR) is 79.2 cm³/mol. The minimum Gasteiger partial charge on any atom is -0.341 e. The molecular weight excluding hydrogens is 255 g/mol. The topological polar surface area (TPSA) is 55.0 Å². The molecule has 2 N–H and O–H groups in total. The van der Waals surface area contributed by atoms with Crippen LogP contribution in [-0.4, -0.2) is 29.6 Å². The average Bonchev–Trinajstić information content (AvgIpc) is 2.98. The Morgan fingerprint density at radius 3 is 2.80 bits per heavy atom. The third kappa shape index (κ3) is 3.76. The molecule has 0 bridgehead atoms. The molecule has 0 saturated carbocycles. The second-order valence-electron chi connectivity index (χ2n) is 5.37. The van der Waals surface area contributed by atoms with Gasteiger partial charge in [0.2, 0.25) is 5.95 Å². The summed E-state index contributed by atoms with van der Waals surface area (Å²) in [6, 6.07) is 0. The SMILES string of the molecule is CCC1CCN(c2ncc(CC/C(=C/F)CN)cn2)C1. The maximum Gasteiger partial charge on any atom is 0.225 e. The van der Waals surface area contributed by atoms with E-state index in [0.717, 1.165) is 36.9 Å². The van der Waals surface area contributed by atoms with Gasteiger partial charge in [0, 0.05) is 32.0 Å². The molecule has 5 heteroatoms. The van der Waals surface area contributed by atoms with Crippen LogP contribution in [0.4, 0.5) is 10.3 Å². The third-order valence-electron chi connectivity index (χ3n) is 3.99. The Balaban J connectivity index is 1.90. The standard InChI is InChI=1S/C15H23FN4/c1-2-12-5-6-20(11-12)15-18-9-14(10-19-15)4-3-13(7-16)8-17/h7,9-10,12H,2-6,8,11,17H2,1H3/b13-7-. The highest BCUT2D eigenvalue weighted by Gasteiger charge is 2.22. The number of anilines is 1. The van der Waals surface area contributed by atoms with Gasteiger partial charge in [0.05, 0.1) is 6.33 Å². The lowest BCUT2D eigenvalue weighted by Crippen LogP contribution is -2.21. The predicted octanol–water partition coefficient (Wildman–Crippen LogP) is 2.46. The molecule has 1 unspecified atom stereocenters. The summed E-state index contributed by atoms with van der Waals surface area (Å²) < 4.78 is 12.4. The number of hydrogen-bond donors (Lipinski definition) is 1. The average molecular weight is 278 g/mol. The van der Waals surface area contributed by atoms with Crippen LogP contribution in [0.15, 0.2) is 24.3 Å². The van der Waals surface area contributed by atoms with Crippen LogP contribution >= 0.6 is 0 Å². The Labute approximate surface area is 119 Å². The van der Waals surface area contributed by atoms with Crippen molar-refractivity contribution in [2.24, 2.45) is 11.7 Å². The minimum absolute atomic E-state index is 0.266. The van der Waals surface area contributed by atoms with Gasteiger partial charge in [0.25, 0.3) is 0 Å². The van der Waals surface area contributed by atoms with Crippen molar-refractivity contribution in [3.63, 3.8) is 0 Å². The Hall–Kier alpha value is -1.49. The molecular formula is C15H23FN4. The molecule has 1 atom stereocenters. The highest BCUT2D eigenvalue weighted by Crippen LogP contribution is 2.22.